The summed E-state index contributed by atoms with van der Waals surface area (Å²) in [6, 6.07) is 0. The Morgan fingerprint density at radius 1 is 1.14 bits per heavy atom. The first-order valence-corrected chi connectivity index (χ1v) is 13.7. The summed E-state index contributed by atoms with van der Waals surface area (Å²) < 4.78 is 11.4. The molecule has 2 saturated heterocycles. The first kappa shape index (κ1) is 27.4. The normalized spacial score (nSPS) is 36.6. The third-order valence-electron chi connectivity index (χ3n) is 8.95. The molecule has 0 bridgehead atoms. The largest absolute Gasteiger partial charge is 0.463 e. The lowest BCUT2D eigenvalue weighted by atomic mass is 9.60. The van der Waals surface area contributed by atoms with Crippen molar-refractivity contribution in [3.63, 3.8) is 0 Å². The topological polar surface area (TPSA) is 156 Å². The van der Waals surface area contributed by atoms with Crippen LogP contribution in [0.3, 0.4) is 0 Å². The predicted octanol–water partition coefficient (Wildman–Crippen LogP) is 0.505. The zero-order chi connectivity index (χ0) is 25.9. The summed E-state index contributed by atoms with van der Waals surface area (Å²) in [5.74, 6) is -1.76. The van der Waals surface area contributed by atoms with Crippen molar-refractivity contribution in [2.45, 2.75) is 94.9 Å². The molecule has 0 spiro atoms. The molecule has 2 aliphatic carbocycles. The second kappa shape index (κ2) is 11.4. The molecule has 0 amide bonds. The van der Waals surface area contributed by atoms with Crippen molar-refractivity contribution in [1.29, 1.82) is 0 Å². The van der Waals surface area contributed by atoms with Crippen molar-refractivity contribution in [2.75, 3.05) is 26.4 Å². The van der Waals surface area contributed by atoms with E-state index in [0.717, 1.165) is 50.6 Å². The number of aliphatic hydroxyl groups excluding tert-OH is 2. The van der Waals surface area contributed by atoms with Crippen LogP contribution in [0.15, 0.2) is 11.1 Å². The Hall–Kier alpha value is -1.65. The molecule has 36 heavy (non-hydrogen) atoms. The maximum absolute atomic E-state index is 13.8. The number of rotatable bonds is 11. The lowest BCUT2D eigenvalue weighted by Crippen LogP contribution is -2.94. The van der Waals surface area contributed by atoms with Crippen molar-refractivity contribution in [2.24, 2.45) is 23.5 Å². The number of carbonyl (C=O) groups excluding carboxylic acids is 3. The van der Waals surface area contributed by atoms with Gasteiger partial charge in [-0.1, -0.05) is 18.4 Å². The number of quaternary nitrogens is 1. The van der Waals surface area contributed by atoms with E-state index in [4.69, 9.17) is 20.3 Å². The molecule has 6 N–H and O–H groups in total. The third kappa shape index (κ3) is 4.92. The van der Waals surface area contributed by atoms with Gasteiger partial charge in [0.2, 0.25) is 0 Å². The van der Waals surface area contributed by atoms with E-state index >= 15 is 0 Å². The molecule has 4 aliphatic rings. The van der Waals surface area contributed by atoms with Gasteiger partial charge in [0, 0.05) is 31.3 Å². The average Bonchev–Trinajstić information content (AvgIpc) is 3.59. The number of hydrogen-bond acceptors (Lipinski definition) is 8. The van der Waals surface area contributed by atoms with Crippen molar-refractivity contribution < 1.29 is 39.4 Å². The van der Waals surface area contributed by atoms with E-state index in [1.54, 1.807) is 0 Å². The molecule has 4 fully saturated rings. The maximum atomic E-state index is 13.8. The van der Waals surface area contributed by atoms with E-state index in [1.807, 2.05) is 6.92 Å². The van der Waals surface area contributed by atoms with Crippen LogP contribution >= 0.6 is 0 Å². The van der Waals surface area contributed by atoms with Crippen LogP contribution in [0.4, 0.5) is 0 Å². The fourth-order valence-corrected chi connectivity index (χ4v) is 6.71. The van der Waals surface area contributed by atoms with Crippen LogP contribution < -0.4 is 11.1 Å². The van der Waals surface area contributed by atoms with E-state index in [0.29, 0.717) is 37.2 Å². The summed E-state index contributed by atoms with van der Waals surface area (Å²) >= 11 is 0. The number of piperidine rings is 1. The minimum atomic E-state index is -1.91. The zero-order valence-electron chi connectivity index (χ0n) is 21.5. The highest BCUT2D eigenvalue weighted by atomic mass is 16.7. The number of ketones is 2. The Labute approximate surface area is 213 Å². The molecule has 2 saturated carbocycles. The van der Waals surface area contributed by atoms with Crippen molar-refractivity contribution >= 4 is 17.5 Å². The molecule has 0 radical (unpaired) electrons. The van der Waals surface area contributed by atoms with Gasteiger partial charge in [0.15, 0.2) is 17.2 Å². The van der Waals surface area contributed by atoms with Crippen LogP contribution in [0.25, 0.3) is 0 Å². The number of allylic oxidation sites excluding steroid dienone is 1. The summed E-state index contributed by atoms with van der Waals surface area (Å²) in [4.78, 5) is 40.8. The molecule has 0 aromatic rings. The Morgan fingerprint density at radius 2 is 1.86 bits per heavy atom. The summed E-state index contributed by atoms with van der Waals surface area (Å²) in [5, 5.41) is 21.4. The number of esters is 1. The quantitative estimate of drug-likeness (QED) is 0.104. The number of aliphatic hydroxyl groups is 2. The smallest absolute Gasteiger partial charge is 0.349 e. The van der Waals surface area contributed by atoms with Crippen molar-refractivity contribution in [3.8, 4) is 0 Å². The summed E-state index contributed by atoms with van der Waals surface area (Å²) in [7, 11) is 0. The number of unbranched alkanes of at least 4 members (excludes halogenated alkanes) is 1. The first-order chi connectivity index (χ1) is 17.3. The van der Waals surface area contributed by atoms with Crippen LogP contribution in [-0.2, 0) is 23.9 Å². The van der Waals surface area contributed by atoms with Gasteiger partial charge in [-0.15, -0.1) is 0 Å². The molecule has 9 heteroatoms. The van der Waals surface area contributed by atoms with Crippen LogP contribution in [0, 0.1) is 17.8 Å². The summed E-state index contributed by atoms with van der Waals surface area (Å²) in [5.41, 5.74) is 4.23. The van der Waals surface area contributed by atoms with Gasteiger partial charge >= 0.3 is 5.97 Å². The van der Waals surface area contributed by atoms with E-state index in [2.05, 4.69) is 5.32 Å². The molecule has 9 nitrogen and oxygen atoms in total. The van der Waals surface area contributed by atoms with Gasteiger partial charge in [0.05, 0.1) is 19.8 Å². The number of epoxide rings is 1. The van der Waals surface area contributed by atoms with Gasteiger partial charge in [-0.3, -0.25) is 15.3 Å². The van der Waals surface area contributed by atoms with Crippen LogP contribution in [0.2, 0.25) is 0 Å². The van der Waals surface area contributed by atoms with Crippen LogP contribution in [0.5, 0.6) is 0 Å². The summed E-state index contributed by atoms with van der Waals surface area (Å²) in [6.07, 6.45) is 7.78. The van der Waals surface area contributed by atoms with Crippen molar-refractivity contribution in [1.82, 2.24) is 0 Å². The van der Waals surface area contributed by atoms with E-state index in [-0.39, 0.29) is 44.0 Å². The molecule has 2 aliphatic heterocycles. The fourth-order valence-electron chi connectivity index (χ4n) is 6.71. The number of carbonyl (C=O) groups is 3. The van der Waals surface area contributed by atoms with E-state index in [1.165, 1.54) is 0 Å². The molecule has 202 valence electrons. The van der Waals surface area contributed by atoms with Crippen LogP contribution in [0.1, 0.15) is 77.6 Å². The monoisotopic (exact) mass is 507 g/mol. The van der Waals surface area contributed by atoms with Gasteiger partial charge in [0.25, 0.3) is 5.60 Å². The molecule has 2 heterocycles. The van der Waals surface area contributed by atoms with E-state index < -0.39 is 29.0 Å². The number of Topliss-reactive ketones (excluding diaryl/α,β-unsaturated/α-hetero) is 2. The Balaban J connectivity index is 1.55. The van der Waals surface area contributed by atoms with Crippen molar-refractivity contribution in [3.05, 3.63) is 11.1 Å². The minimum Gasteiger partial charge on any atom is -0.463 e. The number of nitrogens with two attached hydrogens (primary N) is 2. The Kier molecular flexibility index (Phi) is 8.67. The lowest BCUT2D eigenvalue weighted by Gasteiger charge is -2.37. The van der Waals surface area contributed by atoms with E-state index in [9.17, 15) is 19.5 Å². The third-order valence-corrected chi connectivity index (χ3v) is 8.95. The minimum absolute atomic E-state index is 0.0146. The van der Waals surface area contributed by atoms with Crippen LogP contribution in [-0.4, -0.2) is 71.5 Å². The Morgan fingerprint density at radius 3 is 2.53 bits per heavy atom. The molecule has 4 rings (SSSR count). The molecule has 6 atom stereocenters. The number of ether oxygens (including phenoxy) is 2. The predicted molar refractivity (Wildman–Crippen MR) is 130 cm³/mol. The molecule has 0 aromatic heterocycles. The van der Waals surface area contributed by atoms with Gasteiger partial charge in [0.1, 0.15) is 6.17 Å². The lowest BCUT2D eigenvalue weighted by molar-refractivity contribution is -0.699. The first-order valence-electron chi connectivity index (χ1n) is 13.7. The molecule has 0 aromatic carbocycles. The molecule has 4 unspecified atom stereocenters. The standard InChI is InChI=1S/C27H42N2O7/c1-17(8-9-18-10-11-29-22(28)14-18)19(16-31)15-26-23(32)20-6-2-3-7-21(20)24(33)27(26,36-26)25(34)35-13-5-4-12-30/h18,20-22,29-31H,2-16,28H2,1H3/p+1/t18?,20?,21?,22?,26-,27-/m0/s1. The second-order valence-corrected chi connectivity index (χ2v) is 11.2. The second-order valence-electron chi connectivity index (χ2n) is 11.2. The number of hydrogen-bond donors (Lipinski definition) is 4. The van der Waals surface area contributed by atoms with Gasteiger partial charge in [-0.25, -0.2) is 4.79 Å². The highest BCUT2D eigenvalue weighted by molar-refractivity contribution is 6.23. The fraction of sp³-hybridized carbons (Fsp3) is 0.815. The maximum Gasteiger partial charge on any atom is 0.349 e. The SMILES string of the molecule is CC(CCC1CC[NH2+]C(N)C1)=C(CO)C[C@@]12O[C@]1(C(=O)OCCCCO)C(=O)C1CCCCC1C2=O. The van der Waals surface area contributed by atoms with Gasteiger partial charge < -0.3 is 25.0 Å². The zero-order valence-corrected chi connectivity index (χ0v) is 21.5. The Bertz CT molecular complexity index is 889. The highest BCUT2D eigenvalue weighted by Gasteiger charge is 2.87. The molecular weight excluding hydrogens is 464 g/mol. The average molecular weight is 508 g/mol. The summed E-state index contributed by atoms with van der Waals surface area (Å²) in [6.45, 7) is 2.75. The molecular formula is C27H43N2O7+. The van der Waals surface area contributed by atoms with Gasteiger partial charge in [-0.2, -0.15) is 0 Å². The highest BCUT2D eigenvalue weighted by Crippen LogP contribution is 2.62. The number of fused-ring (bicyclic) bond motifs is 2. The van der Waals surface area contributed by atoms with Gasteiger partial charge in [-0.05, 0) is 63.4 Å².